The number of nitrogens with one attached hydrogen (secondary N) is 1. The number of nitrogens with zero attached hydrogens (tertiary/aromatic N) is 1. The summed E-state index contributed by atoms with van der Waals surface area (Å²) >= 11 is 0. The van der Waals surface area contributed by atoms with Crippen LogP contribution in [-0.2, 0) is 4.79 Å². The Morgan fingerprint density at radius 1 is 1.14 bits per heavy atom. The predicted molar refractivity (Wildman–Crippen MR) is 85.0 cm³/mol. The van der Waals surface area contributed by atoms with Crippen molar-refractivity contribution in [1.29, 1.82) is 0 Å². The first kappa shape index (κ1) is 15.8. The molecule has 0 aliphatic rings. The van der Waals surface area contributed by atoms with Gasteiger partial charge in [0.2, 0.25) is 5.91 Å². The number of anilines is 1. The van der Waals surface area contributed by atoms with Crippen LogP contribution in [0, 0.1) is 20.8 Å². The second kappa shape index (κ2) is 6.47. The lowest BCUT2D eigenvalue weighted by Crippen LogP contribution is -2.35. The molecule has 1 N–H and O–H groups in total. The number of furan rings is 1. The van der Waals surface area contributed by atoms with Gasteiger partial charge in [-0.15, -0.1) is 0 Å². The van der Waals surface area contributed by atoms with Gasteiger partial charge in [-0.1, -0.05) is 17.7 Å². The molecular weight excluding hydrogens is 280 g/mol. The molecule has 2 aromatic rings. The summed E-state index contributed by atoms with van der Waals surface area (Å²) in [6.07, 6.45) is 0. The molecule has 0 spiro atoms. The lowest BCUT2D eigenvalue weighted by atomic mass is 10.2. The van der Waals surface area contributed by atoms with Crippen LogP contribution in [0.1, 0.15) is 27.4 Å². The molecule has 0 atom stereocenters. The Kier molecular flexibility index (Phi) is 4.65. The maximum atomic E-state index is 12.3. The number of likely N-dealkylation sites (N-methyl/N-ethyl adjacent to an activating group) is 1. The van der Waals surface area contributed by atoms with E-state index >= 15 is 0 Å². The van der Waals surface area contributed by atoms with Crippen LogP contribution in [0.5, 0.6) is 0 Å². The third-order valence-corrected chi connectivity index (χ3v) is 3.33. The SMILES string of the molecule is Cc1ccc(NC(=O)CN(C)C(=O)c2cc(C)oc2C)cc1. The van der Waals surface area contributed by atoms with Gasteiger partial charge in [0.25, 0.3) is 5.91 Å². The fourth-order valence-electron chi connectivity index (χ4n) is 2.17. The molecule has 22 heavy (non-hydrogen) atoms. The number of carbonyl (C=O) groups is 2. The topological polar surface area (TPSA) is 62.6 Å². The standard InChI is InChI=1S/C17H20N2O3/c1-11-5-7-14(8-6-11)18-16(20)10-19(4)17(21)15-9-12(2)22-13(15)3/h5-9H,10H2,1-4H3,(H,18,20). The van der Waals surface area contributed by atoms with Crippen molar-refractivity contribution in [2.75, 3.05) is 18.9 Å². The summed E-state index contributed by atoms with van der Waals surface area (Å²) in [4.78, 5) is 25.7. The molecule has 5 nitrogen and oxygen atoms in total. The molecule has 0 aliphatic carbocycles. The third-order valence-electron chi connectivity index (χ3n) is 3.33. The van der Waals surface area contributed by atoms with E-state index in [0.29, 0.717) is 22.8 Å². The zero-order chi connectivity index (χ0) is 16.3. The van der Waals surface area contributed by atoms with Gasteiger partial charge in [-0.25, -0.2) is 0 Å². The van der Waals surface area contributed by atoms with Gasteiger partial charge in [0.15, 0.2) is 0 Å². The van der Waals surface area contributed by atoms with E-state index in [1.807, 2.05) is 31.2 Å². The average molecular weight is 300 g/mol. The van der Waals surface area contributed by atoms with Crippen molar-refractivity contribution in [3.05, 3.63) is 53.0 Å². The molecule has 1 aromatic carbocycles. The van der Waals surface area contributed by atoms with Crippen LogP contribution in [0.4, 0.5) is 5.69 Å². The van der Waals surface area contributed by atoms with E-state index in [-0.39, 0.29) is 18.4 Å². The summed E-state index contributed by atoms with van der Waals surface area (Å²) in [5, 5.41) is 2.77. The third kappa shape index (κ3) is 3.75. The fourth-order valence-corrected chi connectivity index (χ4v) is 2.17. The van der Waals surface area contributed by atoms with Crippen molar-refractivity contribution in [2.24, 2.45) is 0 Å². The molecular formula is C17H20N2O3. The second-order valence-electron chi connectivity index (χ2n) is 5.40. The van der Waals surface area contributed by atoms with Crippen molar-refractivity contribution in [2.45, 2.75) is 20.8 Å². The minimum Gasteiger partial charge on any atom is -0.466 e. The van der Waals surface area contributed by atoms with Crippen LogP contribution in [-0.4, -0.2) is 30.3 Å². The second-order valence-corrected chi connectivity index (χ2v) is 5.40. The lowest BCUT2D eigenvalue weighted by molar-refractivity contribution is -0.116. The molecule has 0 unspecified atom stereocenters. The summed E-state index contributed by atoms with van der Waals surface area (Å²) < 4.78 is 5.35. The van der Waals surface area contributed by atoms with E-state index in [4.69, 9.17) is 4.42 Å². The van der Waals surface area contributed by atoms with E-state index in [1.54, 1.807) is 27.0 Å². The van der Waals surface area contributed by atoms with E-state index in [9.17, 15) is 9.59 Å². The van der Waals surface area contributed by atoms with Crippen LogP contribution in [0.15, 0.2) is 34.7 Å². The van der Waals surface area contributed by atoms with Crippen LogP contribution in [0.3, 0.4) is 0 Å². The minimum atomic E-state index is -0.238. The number of benzene rings is 1. The van der Waals surface area contributed by atoms with Crippen molar-refractivity contribution in [3.63, 3.8) is 0 Å². The van der Waals surface area contributed by atoms with Crippen LogP contribution in [0.25, 0.3) is 0 Å². The van der Waals surface area contributed by atoms with E-state index in [1.165, 1.54) is 4.90 Å². The monoisotopic (exact) mass is 300 g/mol. The fraction of sp³-hybridized carbons (Fsp3) is 0.294. The van der Waals surface area contributed by atoms with Gasteiger partial charge in [0.05, 0.1) is 12.1 Å². The van der Waals surface area contributed by atoms with Crippen LogP contribution in [0.2, 0.25) is 0 Å². The van der Waals surface area contributed by atoms with E-state index < -0.39 is 0 Å². The molecule has 1 heterocycles. The minimum absolute atomic E-state index is 0.0175. The number of carbonyl (C=O) groups excluding carboxylic acids is 2. The maximum absolute atomic E-state index is 12.3. The zero-order valence-electron chi connectivity index (χ0n) is 13.3. The average Bonchev–Trinajstić information content (AvgIpc) is 2.79. The molecule has 0 saturated heterocycles. The molecule has 1 aromatic heterocycles. The number of amides is 2. The molecule has 116 valence electrons. The van der Waals surface area contributed by atoms with Crippen molar-refractivity contribution < 1.29 is 14.0 Å². The first-order chi connectivity index (χ1) is 10.4. The molecule has 2 amide bonds. The van der Waals surface area contributed by atoms with Gasteiger partial charge in [0, 0.05) is 12.7 Å². The molecule has 5 heteroatoms. The van der Waals surface area contributed by atoms with Crippen molar-refractivity contribution >= 4 is 17.5 Å². The molecule has 2 rings (SSSR count). The Morgan fingerprint density at radius 2 is 1.77 bits per heavy atom. The largest absolute Gasteiger partial charge is 0.466 e. The van der Waals surface area contributed by atoms with Crippen LogP contribution < -0.4 is 5.32 Å². The number of aryl methyl sites for hydroxylation is 3. The summed E-state index contributed by atoms with van der Waals surface area (Å²) in [6.45, 7) is 5.48. The quantitative estimate of drug-likeness (QED) is 0.944. The van der Waals surface area contributed by atoms with Crippen molar-refractivity contribution in [3.8, 4) is 0 Å². The van der Waals surface area contributed by atoms with Crippen molar-refractivity contribution in [1.82, 2.24) is 4.90 Å². The Morgan fingerprint density at radius 3 is 2.32 bits per heavy atom. The molecule has 0 aliphatic heterocycles. The van der Waals surface area contributed by atoms with E-state index in [0.717, 1.165) is 5.56 Å². The number of hydrogen-bond acceptors (Lipinski definition) is 3. The highest BCUT2D eigenvalue weighted by molar-refractivity contribution is 5.99. The number of rotatable bonds is 4. The normalized spacial score (nSPS) is 10.4. The highest BCUT2D eigenvalue weighted by Gasteiger charge is 2.19. The Bertz CT molecular complexity index is 686. The summed E-state index contributed by atoms with van der Waals surface area (Å²) in [7, 11) is 1.60. The summed E-state index contributed by atoms with van der Waals surface area (Å²) in [5.41, 5.74) is 2.33. The highest BCUT2D eigenvalue weighted by Crippen LogP contribution is 2.15. The first-order valence-electron chi connectivity index (χ1n) is 7.06. The summed E-state index contributed by atoms with van der Waals surface area (Å²) in [6, 6.07) is 9.19. The van der Waals surface area contributed by atoms with Gasteiger partial charge in [-0.2, -0.15) is 0 Å². The maximum Gasteiger partial charge on any atom is 0.257 e. The first-order valence-corrected chi connectivity index (χ1v) is 7.06. The van der Waals surface area contributed by atoms with Gasteiger partial charge in [-0.3, -0.25) is 9.59 Å². The highest BCUT2D eigenvalue weighted by atomic mass is 16.3. The Hall–Kier alpha value is -2.56. The molecule has 0 saturated carbocycles. The van der Waals surface area contributed by atoms with Gasteiger partial charge in [-0.05, 0) is 39.0 Å². The smallest absolute Gasteiger partial charge is 0.257 e. The zero-order valence-corrected chi connectivity index (χ0v) is 13.3. The van der Waals surface area contributed by atoms with Gasteiger partial charge in [0.1, 0.15) is 11.5 Å². The lowest BCUT2D eigenvalue weighted by Gasteiger charge is -2.16. The number of hydrogen-bond donors (Lipinski definition) is 1. The van der Waals surface area contributed by atoms with E-state index in [2.05, 4.69) is 5.32 Å². The molecule has 0 bridgehead atoms. The molecule has 0 fully saturated rings. The van der Waals surface area contributed by atoms with Gasteiger partial charge >= 0.3 is 0 Å². The Labute approximate surface area is 129 Å². The van der Waals surface area contributed by atoms with Crippen LogP contribution >= 0.6 is 0 Å². The van der Waals surface area contributed by atoms with Gasteiger partial charge < -0.3 is 14.6 Å². The Balaban J connectivity index is 1.97. The molecule has 0 radical (unpaired) electrons. The summed E-state index contributed by atoms with van der Waals surface area (Å²) in [5.74, 6) is 0.776. The predicted octanol–water partition coefficient (Wildman–Crippen LogP) is 2.92.